The average Bonchev–Trinajstić information content (AvgIpc) is 2.66. The van der Waals surface area contributed by atoms with Crippen LogP contribution in [0.5, 0.6) is 0 Å². The van der Waals surface area contributed by atoms with Crippen LogP contribution in [0.15, 0.2) is 11.4 Å². The van der Waals surface area contributed by atoms with Gasteiger partial charge in [0.1, 0.15) is 0 Å². The van der Waals surface area contributed by atoms with Crippen molar-refractivity contribution >= 4 is 11.7 Å². The van der Waals surface area contributed by atoms with E-state index in [2.05, 4.69) is 25.9 Å². The Hall–Kier alpha value is -2.12. The minimum Gasteiger partial charge on any atom is -0.409 e. The fourth-order valence-electron chi connectivity index (χ4n) is 0.608. The SMILES string of the molecule is N/C(CNC(=O)c1cn[nH]n1)=N\O. The first kappa shape index (κ1) is 8.97. The zero-order chi connectivity index (χ0) is 9.68. The Balaban J connectivity index is 2.44. The topological polar surface area (TPSA) is 129 Å². The van der Waals surface area contributed by atoms with E-state index in [9.17, 15) is 4.79 Å². The van der Waals surface area contributed by atoms with Crippen LogP contribution >= 0.6 is 0 Å². The van der Waals surface area contributed by atoms with E-state index >= 15 is 0 Å². The summed E-state index contributed by atoms with van der Waals surface area (Å²) in [6.07, 6.45) is 1.27. The number of nitrogens with one attached hydrogen (secondary N) is 2. The van der Waals surface area contributed by atoms with Crippen molar-refractivity contribution in [2.24, 2.45) is 10.9 Å². The standard InChI is InChI=1S/C5H8N6O2/c6-4(10-13)2-7-5(12)3-1-8-11-9-3/h1,13H,2H2,(H2,6,10)(H,7,12)(H,8,9,11). The summed E-state index contributed by atoms with van der Waals surface area (Å²) in [6, 6.07) is 0. The van der Waals surface area contributed by atoms with E-state index in [1.807, 2.05) is 0 Å². The summed E-state index contributed by atoms with van der Waals surface area (Å²) in [5.74, 6) is -0.530. The highest BCUT2D eigenvalue weighted by molar-refractivity contribution is 5.95. The monoisotopic (exact) mass is 184 g/mol. The second kappa shape index (κ2) is 4.04. The van der Waals surface area contributed by atoms with Gasteiger partial charge in [-0.2, -0.15) is 15.4 Å². The first-order valence-electron chi connectivity index (χ1n) is 3.34. The molecule has 0 bridgehead atoms. The first-order valence-corrected chi connectivity index (χ1v) is 3.34. The number of hydrogen-bond donors (Lipinski definition) is 4. The summed E-state index contributed by atoms with van der Waals surface area (Å²) in [4.78, 5) is 11.1. The number of hydrogen-bond acceptors (Lipinski definition) is 5. The second-order valence-electron chi connectivity index (χ2n) is 2.13. The lowest BCUT2D eigenvalue weighted by molar-refractivity contribution is 0.0954. The van der Waals surface area contributed by atoms with Crippen molar-refractivity contribution in [2.75, 3.05) is 6.54 Å². The molecular weight excluding hydrogens is 176 g/mol. The lowest BCUT2D eigenvalue weighted by Crippen LogP contribution is -2.33. The third-order valence-electron chi connectivity index (χ3n) is 1.21. The summed E-state index contributed by atoms with van der Waals surface area (Å²) in [6.45, 7) is -0.0395. The van der Waals surface area contributed by atoms with Crippen molar-refractivity contribution in [3.63, 3.8) is 0 Å². The molecule has 8 heteroatoms. The van der Waals surface area contributed by atoms with Crippen molar-refractivity contribution in [3.8, 4) is 0 Å². The lowest BCUT2D eigenvalue weighted by atomic mass is 10.4. The zero-order valence-electron chi connectivity index (χ0n) is 6.56. The quantitative estimate of drug-likeness (QED) is 0.192. The Labute approximate surface area is 72.8 Å². The third kappa shape index (κ3) is 2.43. The van der Waals surface area contributed by atoms with Crippen molar-refractivity contribution in [3.05, 3.63) is 11.9 Å². The number of oxime groups is 1. The van der Waals surface area contributed by atoms with E-state index in [0.29, 0.717) is 0 Å². The molecule has 0 fully saturated rings. The Morgan fingerprint density at radius 3 is 3.15 bits per heavy atom. The van der Waals surface area contributed by atoms with Gasteiger partial charge in [0.15, 0.2) is 11.5 Å². The van der Waals surface area contributed by atoms with Crippen molar-refractivity contribution in [1.29, 1.82) is 0 Å². The number of carbonyl (C=O) groups is 1. The van der Waals surface area contributed by atoms with Crippen LogP contribution in [-0.4, -0.2) is 38.9 Å². The van der Waals surface area contributed by atoms with Crippen LogP contribution in [-0.2, 0) is 0 Å². The molecular formula is C5H8N6O2. The fourth-order valence-corrected chi connectivity index (χ4v) is 0.608. The van der Waals surface area contributed by atoms with Gasteiger partial charge in [-0.1, -0.05) is 5.16 Å². The molecule has 0 aromatic carbocycles. The predicted molar refractivity (Wildman–Crippen MR) is 42.1 cm³/mol. The predicted octanol–water partition coefficient (Wildman–Crippen LogP) is -1.72. The molecule has 1 rings (SSSR count). The number of nitrogens with two attached hydrogens (primary N) is 1. The normalized spacial score (nSPS) is 11.2. The van der Waals surface area contributed by atoms with E-state index in [0.717, 1.165) is 0 Å². The first-order chi connectivity index (χ1) is 6.24. The number of rotatable bonds is 3. The van der Waals surface area contributed by atoms with Gasteiger partial charge in [0, 0.05) is 0 Å². The van der Waals surface area contributed by atoms with Gasteiger partial charge in [-0.05, 0) is 0 Å². The molecule has 1 aromatic heterocycles. The summed E-state index contributed by atoms with van der Waals surface area (Å²) in [5.41, 5.74) is 5.26. The molecule has 0 unspecified atom stereocenters. The van der Waals surface area contributed by atoms with Crippen LogP contribution in [0.3, 0.4) is 0 Å². The number of H-pyrrole nitrogens is 1. The van der Waals surface area contributed by atoms with E-state index < -0.39 is 5.91 Å². The molecule has 0 aliphatic carbocycles. The van der Waals surface area contributed by atoms with Gasteiger partial charge < -0.3 is 16.3 Å². The van der Waals surface area contributed by atoms with Crippen LogP contribution in [0.1, 0.15) is 10.5 Å². The van der Waals surface area contributed by atoms with Crippen LogP contribution in [0.25, 0.3) is 0 Å². The van der Waals surface area contributed by atoms with Crippen molar-refractivity contribution in [1.82, 2.24) is 20.7 Å². The molecule has 0 atom stereocenters. The van der Waals surface area contributed by atoms with Gasteiger partial charge in [0.25, 0.3) is 5.91 Å². The highest BCUT2D eigenvalue weighted by Gasteiger charge is 2.07. The van der Waals surface area contributed by atoms with Crippen molar-refractivity contribution in [2.45, 2.75) is 0 Å². The molecule has 0 radical (unpaired) electrons. The molecule has 0 aliphatic rings. The minimum atomic E-state index is -0.444. The minimum absolute atomic E-state index is 0.0395. The molecule has 1 heterocycles. The number of nitrogens with zero attached hydrogens (tertiary/aromatic N) is 3. The maximum absolute atomic E-state index is 11.1. The number of amidine groups is 1. The van der Waals surface area contributed by atoms with E-state index in [1.165, 1.54) is 6.20 Å². The maximum atomic E-state index is 11.1. The number of amides is 1. The van der Waals surface area contributed by atoms with Gasteiger partial charge in [0.05, 0.1) is 12.7 Å². The van der Waals surface area contributed by atoms with E-state index in [4.69, 9.17) is 10.9 Å². The Bertz CT molecular complexity index is 305. The molecule has 1 amide bonds. The summed E-state index contributed by atoms with van der Waals surface area (Å²) >= 11 is 0. The number of aromatic nitrogens is 3. The van der Waals surface area contributed by atoms with Gasteiger partial charge >= 0.3 is 0 Å². The highest BCUT2D eigenvalue weighted by atomic mass is 16.4. The Morgan fingerprint density at radius 1 is 1.85 bits per heavy atom. The van der Waals surface area contributed by atoms with E-state index in [-0.39, 0.29) is 18.1 Å². The van der Waals surface area contributed by atoms with Gasteiger partial charge in [-0.25, -0.2) is 0 Å². The smallest absolute Gasteiger partial charge is 0.273 e. The van der Waals surface area contributed by atoms with Crippen LogP contribution < -0.4 is 11.1 Å². The summed E-state index contributed by atoms with van der Waals surface area (Å²) in [7, 11) is 0. The molecule has 0 aliphatic heterocycles. The van der Waals surface area contributed by atoms with Gasteiger partial charge in [-0.15, -0.1) is 0 Å². The molecule has 8 nitrogen and oxygen atoms in total. The third-order valence-corrected chi connectivity index (χ3v) is 1.21. The fraction of sp³-hybridized carbons (Fsp3) is 0.200. The Morgan fingerprint density at radius 2 is 2.62 bits per heavy atom. The van der Waals surface area contributed by atoms with Crippen LogP contribution in [0.2, 0.25) is 0 Å². The van der Waals surface area contributed by atoms with Crippen LogP contribution in [0.4, 0.5) is 0 Å². The Kier molecular flexibility index (Phi) is 2.79. The number of aromatic amines is 1. The summed E-state index contributed by atoms with van der Waals surface area (Å²) in [5, 5.41) is 22.4. The molecule has 0 spiro atoms. The zero-order valence-corrected chi connectivity index (χ0v) is 6.56. The molecule has 70 valence electrons. The molecule has 0 saturated carbocycles. The highest BCUT2D eigenvalue weighted by Crippen LogP contribution is 1.86. The largest absolute Gasteiger partial charge is 0.409 e. The summed E-state index contributed by atoms with van der Waals surface area (Å²) < 4.78 is 0. The molecule has 0 saturated heterocycles. The maximum Gasteiger partial charge on any atom is 0.273 e. The molecule has 13 heavy (non-hydrogen) atoms. The number of carbonyl (C=O) groups excluding carboxylic acids is 1. The van der Waals surface area contributed by atoms with Gasteiger partial charge in [0.2, 0.25) is 0 Å². The van der Waals surface area contributed by atoms with Crippen molar-refractivity contribution < 1.29 is 10.0 Å². The average molecular weight is 184 g/mol. The molecule has 1 aromatic rings. The second-order valence-corrected chi connectivity index (χ2v) is 2.13. The van der Waals surface area contributed by atoms with Crippen LogP contribution in [0, 0.1) is 0 Å². The van der Waals surface area contributed by atoms with Gasteiger partial charge in [-0.3, -0.25) is 4.79 Å². The lowest BCUT2D eigenvalue weighted by Gasteiger charge is -1.99. The van der Waals surface area contributed by atoms with E-state index in [1.54, 1.807) is 0 Å². The molecule has 5 N–H and O–H groups in total.